The van der Waals surface area contributed by atoms with E-state index in [1.807, 2.05) is 18.4 Å². The minimum atomic E-state index is -0.474. The summed E-state index contributed by atoms with van der Waals surface area (Å²) in [4.78, 5) is 26.9. The highest BCUT2D eigenvalue weighted by Gasteiger charge is 2.32. The van der Waals surface area contributed by atoms with Crippen LogP contribution in [0.1, 0.15) is 29.0 Å². The fourth-order valence-electron chi connectivity index (χ4n) is 2.79. The van der Waals surface area contributed by atoms with Gasteiger partial charge in [-0.2, -0.15) is 0 Å². The number of likely N-dealkylation sites (tertiary alicyclic amines) is 1. The summed E-state index contributed by atoms with van der Waals surface area (Å²) in [5, 5.41) is 14.4. The Morgan fingerprint density at radius 3 is 2.96 bits per heavy atom. The number of aromatic nitrogens is 3. The largest absolute Gasteiger partial charge is 0.389 e. The number of nitrogens with one attached hydrogen (secondary N) is 1. The molecule has 9 heteroatoms. The molecule has 7 nitrogen and oxygen atoms in total. The quantitative estimate of drug-likeness (QED) is 0.729. The number of carbonyl (C=O) groups is 1. The Bertz CT molecular complexity index is 973. The second-order valence-electron chi connectivity index (χ2n) is 6.20. The van der Waals surface area contributed by atoms with E-state index in [2.05, 4.69) is 20.3 Å². The molecule has 2 N–H and O–H groups in total. The van der Waals surface area contributed by atoms with Crippen molar-refractivity contribution in [3.8, 4) is 0 Å². The first-order valence-electron chi connectivity index (χ1n) is 8.11. The van der Waals surface area contributed by atoms with Gasteiger partial charge in [0.2, 0.25) is 5.95 Å². The maximum atomic E-state index is 13.4. The molecule has 0 aliphatic carbocycles. The number of hydrogen-bond donors (Lipinski definition) is 2. The smallest absolute Gasteiger partial charge is 0.274 e. The van der Waals surface area contributed by atoms with Gasteiger partial charge in [0.15, 0.2) is 5.69 Å². The molecule has 1 saturated heterocycles. The van der Waals surface area contributed by atoms with Gasteiger partial charge in [0.25, 0.3) is 5.91 Å². The third-order valence-corrected chi connectivity index (χ3v) is 5.14. The van der Waals surface area contributed by atoms with Crippen molar-refractivity contribution in [3.05, 3.63) is 47.0 Å². The average molecular weight is 373 g/mol. The zero-order chi connectivity index (χ0) is 18.3. The fourth-order valence-corrected chi connectivity index (χ4v) is 3.60. The van der Waals surface area contributed by atoms with E-state index >= 15 is 0 Å². The molecule has 1 atom stereocenters. The highest BCUT2D eigenvalue weighted by molar-refractivity contribution is 7.17. The van der Waals surface area contributed by atoms with Gasteiger partial charge in [-0.3, -0.25) is 9.78 Å². The minimum absolute atomic E-state index is 0.228. The van der Waals surface area contributed by atoms with Gasteiger partial charge in [-0.15, -0.1) is 11.3 Å². The normalized spacial score (nSPS) is 15.7. The van der Waals surface area contributed by atoms with Crippen molar-refractivity contribution in [2.24, 2.45) is 0 Å². The molecule has 3 aromatic heterocycles. The molecule has 4 heterocycles. The summed E-state index contributed by atoms with van der Waals surface area (Å²) < 4.78 is 14.1. The van der Waals surface area contributed by atoms with Gasteiger partial charge in [0, 0.05) is 19.3 Å². The van der Waals surface area contributed by atoms with Crippen LogP contribution in [-0.2, 0) is 0 Å². The Morgan fingerprint density at radius 2 is 2.23 bits per heavy atom. The number of aliphatic hydroxyl groups excluding tert-OH is 1. The van der Waals surface area contributed by atoms with Crippen molar-refractivity contribution in [2.45, 2.75) is 19.1 Å². The molecule has 0 bridgehead atoms. The lowest BCUT2D eigenvalue weighted by molar-refractivity contribution is 0.00567. The van der Waals surface area contributed by atoms with Crippen LogP contribution >= 0.6 is 11.3 Å². The lowest BCUT2D eigenvalue weighted by Crippen LogP contribution is -2.53. The van der Waals surface area contributed by atoms with Crippen LogP contribution in [0.3, 0.4) is 0 Å². The molecule has 1 amide bonds. The summed E-state index contributed by atoms with van der Waals surface area (Å²) in [5.41, 5.74) is 1.63. The molecular formula is C17H16FN5O2S. The van der Waals surface area contributed by atoms with Gasteiger partial charge in [-0.25, -0.2) is 14.4 Å². The number of hydrogen-bond acceptors (Lipinski definition) is 7. The standard InChI is InChI=1S/C17H16FN5O2S/c1-9(10-4-11(18)6-19-5-10)20-17-21-13-2-3-26-15(13)14(22-17)16(25)23-7-12(24)8-23/h2-6,9,12,24H,7-8H2,1H3,(H,20,21,22). The lowest BCUT2D eigenvalue weighted by atomic mass is 10.1. The van der Waals surface area contributed by atoms with E-state index in [4.69, 9.17) is 0 Å². The van der Waals surface area contributed by atoms with Crippen molar-refractivity contribution in [1.29, 1.82) is 0 Å². The number of halogens is 1. The fraction of sp³-hybridized carbons (Fsp3) is 0.294. The second kappa shape index (κ2) is 6.58. The van der Waals surface area contributed by atoms with Crippen molar-refractivity contribution in [3.63, 3.8) is 0 Å². The van der Waals surface area contributed by atoms with Crippen molar-refractivity contribution < 1.29 is 14.3 Å². The van der Waals surface area contributed by atoms with Crippen LogP contribution in [0.2, 0.25) is 0 Å². The number of rotatable bonds is 4. The predicted octanol–water partition coefficient (Wildman–Crippen LogP) is 2.22. The molecule has 3 aromatic rings. The third-order valence-electron chi connectivity index (χ3n) is 4.23. The van der Waals surface area contributed by atoms with Gasteiger partial charge >= 0.3 is 0 Å². The van der Waals surface area contributed by atoms with E-state index in [0.717, 1.165) is 6.20 Å². The molecule has 4 rings (SSSR count). The number of aliphatic hydroxyl groups is 1. The topological polar surface area (TPSA) is 91.2 Å². The van der Waals surface area contributed by atoms with E-state index in [1.54, 1.807) is 11.1 Å². The van der Waals surface area contributed by atoms with Gasteiger partial charge in [0.1, 0.15) is 5.82 Å². The SMILES string of the molecule is CC(Nc1nc(C(=O)N2CC(O)C2)c2sccc2n1)c1cncc(F)c1. The summed E-state index contributed by atoms with van der Waals surface area (Å²) in [6.45, 7) is 2.46. The summed E-state index contributed by atoms with van der Waals surface area (Å²) in [6.07, 6.45) is 2.23. The average Bonchev–Trinajstić information content (AvgIpc) is 3.06. The Labute approximate surface area is 152 Å². The molecule has 1 fully saturated rings. The van der Waals surface area contributed by atoms with Crippen molar-refractivity contribution >= 4 is 33.4 Å². The second-order valence-corrected chi connectivity index (χ2v) is 7.11. The molecule has 1 aliphatic rings. The maximum Gasteiger partial charge on any atom is 0.274 e. The predicted molar refractivity (Wildman–Crippen MR) is 95.6 cm³/mol. The summed E-state index contributed by atoms with van der Waals surface area (Å²) in [7, 11) is 0. The molecule has 134 valence electrons. The van der Waals surface area contributed by atoms with Crippen LogP contribution in [0.5, 0.6) is 0 Å². The molecule has 26 heavy (non-hydrogen) atoms. The highest BCUT2D eigenvalue weighted by Crippen LogP contribution is 2.27. The number of amides is 1. The van der Waals surface area contributed by atoms with E-state index in [-0.39, 0.29) is 17.9 Å². The van der Waals surface area contributed by atoms with Gasteiger partial charge in [-0.1, -0.05) is 0 Å². The van der Waals surface area contributed by atoms with Crippen LogP contribution in [0.15, 0.2) is 29.9 Å². The van der Waals surface area contributed by atoms with Crippen molar-refractivity contribution in [2.75, 3.05) is 18.4 Å². The number of carbonyl (C=O) groups excluding carboxylic acids is 1. The van der Waals surface area contributed by atoms with Gasteiger partial charge < -0.3 is 15.3 Å². The van der Waals surface area contributed by atoms with Crippen LogP contribution in [0, 0.1) is 5.82 Å². The van der Waals surface area contributed by atoms with E-state index in [1.165, 1.54) is 17.4 Å². The monoisotopic (exact) mass is 373 g/mol. The number of anilines is 1. The zero-order valence-electron chi connectivity index (χ0n) is 13.9. The number of thiophene rings is 1. The molecule has 1 unspecified atom stereocenters. The summed E-state index contributed by atoms with van der Waals surface area (Å²) in [5.74, 6) is -0.358. The van der Waals surface area contributed by atoms with Gasteiger partial charge in [0.05, 0.1) is 28.6 Å². The van der Waals surface area contributed by atoms with Crippen molar-refractivity contribution in [1.82, 2.24) is 19.9 Å². The van der Waals surface area contributed by atoms with E-state index < -0.39 is 11.9 Å². The maximum absolute atomic E-state index is 13.4. The Kier molecular flexibility index (Phi) is 4.25. The van der Waals surface area contributed by atoms with Crippen LogP contribution < -0.4 is 5.32 Å². The minimum Gasteiger partial charge on any atom is -0.389 e. The molecular weight excluding hydrogens is 357 g/mol. The Balaban J connectivity index is 1.64. The highest BCUT2D eigenvalue weighted by atomic mass is 32.1. The first-order chi connectivity index (χ1) is 12.5. The van der Waals surface area contributed by atoms with E-state index in [9.17, 15) is 14.3 Å². The molecule has 0 aromatic carbocycles. The van der Waals surface area contributed by atoms with E-state index in [0.29, 0.717) is 34.6 Å². The molecule has 0 saturated carbocycles. The summed E-state index contributed by atoms with van der Waals surface area (Å²) >= 11 is 1.40. The number of nitrogens with zero attached hydrogens (tertiary/aromatic N) is 4. The number of fused-ring (bicyclic) bond motifs is 1. The van der Waals surface area contributed by atoms with Crippen LogP contribution in [-0.4, -0.2) is 50.1 Å². The Morgan fingerprint density at radius 1 is 1.42 bits per heavy atom. The molecule has 0 radical (unpaired) electrons. The van der Waals surface area contributed by atoms with Crippen LogP contribution in [0.25, 0.3) is 10.2 Å². The number of β-amino-alcohol motifs (C(OH)–C–C–N with tert-alkyl or cyclic N) is 1. The third kappa shape index (κ3) is 3.11. The first-order valence-corrected chi connectivity index (χ1v) is 8.99. The zero-order valence-corrected chi connectivity index (χ0v) is 14.7. The lowest BCUT2D eigenvalue weighted by Gasteiger charge is -2.35. The molecule has 0 spiro atoms. The van der Waals surface area contributed by atoms with Gasteiger partial charge in [-0.05, 0) is 30.0 Å². The first kappa shape index (κ1) is 16.8. The molecule has 1 aliphatic heterocycles. The number of pyridine rings is 1. The van der Waals surface area contributed by atoms with Crippen LogP contribution in [0.4, 0.5) is 10.3 Å². The Hall–Kier alpha value is -2.65. The summed E-state index contributed by atoms with van der Waals surface area (Å²) in [6, 6.07) is 2.92.